The quantitative estimate of drug-likeness (QED) is 0.723. The van der Waals surface area contributed by atoms with E-state index in [4.69, 9.17) is 0 Å². The molecule has 1 heterocycles. The zero-order valence-corrected chi connectivity index (χ0v) is 10.6. The van der Waals surface area contributed by atoms with E-state index in [1.807, 2.05) is 0 Å². The van der Waals surface area contributed by atoms with Crippen LogP contribution < -0.4 is 5.32 Å². The van der Waals surface area contributed by atoms with E-state index < -0.39 is 0 Å². The first-order valence-electron chi connectivity index (χ1n) is 5.72. The minimum atomic E-state index is 0.136. The molecule has 1 aliphatic heterocycles. The molecule has 0 spiro atoms. The first kappa shape index (κ1) is 12.8. The normalized spacial score (nSPS) is 22.7. The largest absolute Gasteiger partial charge is 0.358 e. The summed E-state index contributed by atoms with van der Waals surface area (Å²) in [6.07, 6.45) is 5.27. The maximum absolute atomic E-state index is 11.0. The molecule has 88 valence electrons. The molecule has 4 heteroatoms. The van der Waals surface area contributed by atoms with Crippen molar-refractivity contribution in [2.75, 3.05) is 32.1 Å². The number of nitrogens with one attached hydrogen (secondary N) is 1. The van der Waals surface area contributed by atoms with Gasteiger partial charge in [0.05, 0.1) is 5.75 Å². The summed E-state index contributed by atoms with van der Waals surface area (Å²) >= 11 is 1.74. The van der Waals surface area contributed by atoms with Crippen molar-refractivity contribution < 1.29 is 4.79 Å². The number of hydrogen-bond acceptors (Lipinski definition) is 3. The standard InChI is InChI=1S/C11H22N2OS/c1-12-11(14)9-15-8-6-10-5-3-4-7-13(10)2/h10H,3-9H2,1-2H3,(H,12,14)/t10-/m1/s1. The fourth-order valence-corrected chi connectivity index (χ4v) is 2.88. The van der Waals surface area contributed by atoms with E-state index in [1.54, 1.807) is 18.8 Å². The van der Waals surface area contributed by atoms with Gasteiger partial charge in [-0.3, -0.25) is 4.79 Å². The van der Waals surface area contributed by atoms with Crippen molar-refractivity contribution in [2.45, 2.75) is 31.7 Å². The summed E-state index contributed by atoms with van der Waals surface area (Å²) in [5.74, 6) is 1.84. The van der Waals surface area contributed by atoms with Gasteiger partial charge in [-0.2, -0.15) is 11.8 Å². The summed E-state index contributed by atoms with van der Waals surface area (Å²) in [4.78, 5) is 13.4. The van der Waals surface area contributed by atoms with E-state index in [1.165, 1.54) is 32.2 Å². The average Bonchev–Trinajstić information content (AvgIpc) is 2.26. The van der Waals surface area contributed by atoms with Crippen LogP contribution in [0.2, 0.25) is 0 Å². The van der Waals surface area contributed by atoms with Gasteiger partial charge in [0.25, 0.3) is 0 Å². The van der Waals surface area contributed by atoms with Gasteiger partial charge in [0.2, 0.25) is 5.91 Å². The molecule has 15 heavy (non-hydrogen) atoms. The lowest BCUT2D eigenvalue weighted by atomic mass is 10.0. The molecule has 1 fully saturated rings. The SMILES string of the molecule is CNC(=O)CSCC[C@H]1CCCCN1C. The minimum Gasteiger partial charge on any atom is -0.358 e. The van der Waals surface area contributed by atoms with Crippen LogP contribution in [0.5, 0.6) is 0 Å². The molecule has 3 nitrogen and oxygen atoms in total. The van der Waals surface area contributed by atoms with E-state index >= 15 is 0 Å². The Bertz CT molecular complexity index is 199. The summed E-state index contributed by atoms with van der Waals surface area (Å²) < 4.78 is 0. The van der Waals surface area contributed by atoms with Crippen molar-refractivity contribution >= 4 is 17.7 Å². The highest BCUT2D eigenvalue weighted by Crippen LogP contribution is 2.19. The molecule has 1 rings (SSSR count). The Morgan fingerprint density at radius 2 is 2.33 bits per heavy atom. The topological polar surface area (TPSA) is 32.3 Å². The van der Waals surface area contributed by atoms with Crippen molar-refractivity contribution in [3.63, 3.8) is 0 Å². The van der Waals surface area contributed by atoms with Gasteiger partial charge in [-0.05, 0) is 38.6 Å². The highest BCUT2D eigenvalue weighted by Gasteiger charge is 2.18. The fraction of sp³-hybridized carbons (Fsp3) is 0.909. The van der Waals surface area contributed by atoms with Gasteiger partial charge in [0, 0.05) is 13.1 Å². The summed E-state index contributed by atoms with van der Waals surface area (Å²) in [6, 6.07) is 0.746. The number of carbonyl (C=O) groups is 1. The van der Waals surface area contributed by atoms with Crippen LogP contribution in [0.25, 0.3) is 0 Å². The molecule has 1 amide bonds. The van der Waals surface area contributed by atoms with Gasteiger partial charge in [-0.25, -0.2) is 0 Å². The predicted octanol–water partition coefficient (Wildman–Crippen LogP) is 1.34. The third-order valence-electron chi connectivity index (χ3n) is 3.03. The molecule has 0 aromatic carbocycles. The number of rotatable bonds is 5. The summed E-state index contributed by atoms with van der Waals surface area (Å²) in [5, 5.41) is 2.64. The van der Waals surface area contributed by atoms with Crippen LogP contribution >= 0.6 is 11.8 Å². The fourth-order valence-electron chi connectivity index (χ4n) is 1.97. The molecule has 0 saturated carbocycles. The molecule has 1 aliphatic rings. The molecular weight excluding hydrogens is 208 g/mol. The maximum Gasteiger partial charge on any atom is 0.229 e. The third-order valence-corrected chi connectivity index (χ3v) is 4.02. The first-order valence-corrected chi connectivity index (χ1v) is 6.88. The summed E-state index contributed by atoms with van der Waals surface area (Å²) in [7, 11) is 3.91. The zero-order valence-electron chi connectivity index (χ0n) is 9.79. The van der Waals surface area contributed by atoms with Crippen LogP contribution in [0.1, 0.15) is 25.7 Å². The number of hydrogen-bond donors (Lipinski definition) is 1. The van der Waals surface area contributed by atoms with Crippen LogP contribution in [-0.4, -0.2) is 49.0 Å². The van der Waals surface area contributed by atoms with Crippen LogP contribution in [0.4, 0.5) is 0 Å². The smallest absolute Gasteiger partial charge is 0.229 e. The van der Waals surface area contributed by atoms with E-state index in [-0.39, 0.29) is 5.91 Å². The Kier molecular flexibility index (Phi) is 6.10. The van der Waals surface area contributed by atoms with Crippen LogP contribution in [-0.2, 0) is 4.79 Å². The molecule has 0 radical (unpaired) electrons. The van der Waals surface area contributed by atoms with Crippen LogP contribution in [0.3, 0.4) is 0 Å². The number of piperidine rings is 1. The third kappa shape index (κ3) is 4.89. The van der Waals surface area contributed by atoms with E-state index in [9.17, 15) is 4.79 Å². The Balaban J connectivity index is 2.06. The molecule has 0 bridgehead atoms. The van der Waals surface area contributed by atoms with Crippen molar-refractivity contribution in [2.24, 2.45) is 0 Å². The molecular formula is C11H22N2OS. The van der Waals surface area contributed by atoms with Gasteiger partial charge in [0.15, 0.2) is 0 Å². The van der Waals surface area contributed by atoms with Crippen LogP contribution in [0, 0.1) is 0 Å². The summed E-state index contributed by atoms with van der Waals surface area (Å²) in [5.41, 5.74) is 0. The monoisotopic (exact) mass is 230 g/mol. The lowest BCUT2D eigenvalue weighted by Crippen LogP contribution is -2.36. The molecule has 0 unspecified atom stereocenters. The zero-order chi connectivity index (χ0) is 11.1. The molecule has 1 saturated heterocycles. The van der Waals surface area contributed by atoms with Gasteiger partial charge in [-0.15, -0.1) is 0 Å². The Morgan fingerprint density at radius 1 is 1.53 bits per heavy atom. The van der Waals surface area contributed by atoms with Gasteiger partial charge >= 0.3 is 0 Å². The molecule has 1 atom stereocenters. The van der Waals surface area contributed by atoms with Gasteiger partial charge < -0.3 is 10.2 Å². The highest BCUT2D eigenvalue weighted by atomic mass is 32.2. The number of carbonyl (C=O) groups excluding carboxylic acids is 1. The van der Waals surface area contributed by atoms with Crippen molar-refractivity contribution in [3.8, 4) is 0 Å². The Hall–Kier alpha value is -0.220. The Labute approximate surface area is 97.0 Å². The van der Waals surface area contributed by atoms with Crippen molar-refractivity contribution in [3.05, 3.63) is 0 Å². The van der Waals surface area contributed by atoms with Gasteiger partial charge in [0.1, 0.15) is 0 Å². The van der Waals surface area contributed by atoms with E-state index in [0.29, 0.717) is 5.75 Å². The lowest BCUT2D eigenvalue weighted by molar-refractivity contribution is -0.118. The van der Waals surface area contributed by atoms with Crippen molar-refractivity contribution in [1.82, 2.24) is 10.2 Å². The second-order valence-corrected chi connectivity index (χ2v) is 5.25. The second-order valence-electron chi connectivity index (χ2n) is 4.14. The predicted molar refractivity (Wildman–Crippen MR) is 66.3 cm³/mol. The van der Waals surface area contributed by atoms with Gasteiger partial charge in [-0.1, -0.05) is 6.42 Å². The number of nitrogens with zero attached hydrogens (tertiary/aromatic N) is 1. The van der Waals surface area contributed by atoms with Crippen molar-refractivity contribution in [1.29, 1.82) is 0 Å². The number of amides is 1. The lowest BCUT2D eigenvalue weighted by Gasteiger charge is -2.32. The maximum atomic E-state index is 11.0. The van der Waals surface area contributed by atoms with E-state index in [2.05, 4.69) is 17.3 Å². The molecule has 1 N–H and O–H groups in total. The minimum absolute atomic E-state index is 0.136. The first-order chi connectivity index (χ1) is 7.24. The van der Waals surface area contributed by atoms with E-state index in [0.717, 1.165) is 11.8 Å². The summed E-state index contributed by atoms with van der Waals surface area (Å²) in [6.45, 7) is 1.24. The molecule has 0 aliphatic carbocycles. The van der Waals surface area contributed by atoms with Crippen LogP contribution in [0.15, 0.2) is 0 Å². The molecule has 0 aromatic rings. The Morgan fingerprint density at radius 3 is 3.00 bits per heavy atom. The number of thioether (sulfide) groups is 1. The molecule has 0 aromatic heterocycles. The second kappa shape index (κ2) is 7.12. The highest BCUT2D eigenvalue weighted by molar-refractivity contribution is 7.99. The average molecular weight is 230 g/mol. The number of likely N-dealkylation sites (tertiary alicyclic amines) is 1.